The molecule has 1 aromatic rings. The number of carbonyl (C=O) groups excluding carboxylic acids is 2. The number of aromatic nitrogens is 1. The lowest BCUT2D eigenvalue weighted by molar-refractivity contribution is -0.124. The highest BCUT2D eigenvalue weighted by Crippen LogP contribution is 2.21. The van der Waals surface area contributed by atoms with Gasteiger partial charge in [-0.05, 0) is 18.9 Å². The Morgan fingerprint density at radius 1 is 1.33 bits per heavy atom. The van der Waals surface area contributed by atoms with Crippen molar-refractivity contribution in [3.8, 4) is 0 Å². The Balaban J connectivity index is 1.70. The zero-order valence-electron chi connectivity index (χ0n) is 13.1. The third-order valence-electron chi connectivity index (χ3n) is 4.10. The summed E-state index contributed by atoms with van der Waals surface area (Å²) < 4.78 is 26.6. The van der Waals surface area contributed by atoms with Crippen molar-refractivity contribution in [2.24, 2.45) is 0 Å². The highest BCUT2D eigenvalue weighted by molar-refractivity contribution is 7.99. The maximum atomic E-state index is 12.6. The van der Waals surface area contributed by atoms with E-state index in [2.05, 4.69) is 15.6 Å². The zero-order valence-corrected chi connectivity index (χ0v) is 14.7. The van der Waals surface area contributed by atoms with Crippen LogP contribution in [-0.2, 0) is 14.8 Å². The van der Waals surface area contributed by atoms with Gasteiger partial charge in [-0.1, -0.05) is 0 Å². The smallest absolute Gasteiger partial charge is 0.268 e. The summed E-state index contributed by atoms with van der Waals surface area (Å²) in [6, 6.07) is 0.751. The number of rotatable bonds is 4. The summed E-state index contributed by atoms with van der Waals surface area (Å²) in [5.41, 5.74) is 0.137. The third-order valence-corrected chi connectivity index (χ3v) is 6.92. The van der Waals surface area contributed by atoms with Gasteiger partial charge < -0.3 is 15.6 Å². The van der Waals surface area contributed by atoms with Crippen molar-refractivity contribution < 1.29 is 18.0 Å². The van der Waals surface area contributed by atoms with Crippen molar-refractivity contribution in [2.75, 3.05) is 31.1 Å². The second kappa shape index (κ2) is 7.16. The van der Waals surface area contributed by atoms with E-state index in [0.717, 1.165) is 17.9 Å². The fourth-order valence-electron chi connectivity index (χ4n) is 2.74. The molecule has 0 spiro atoms. The predicted molar refractivity (Wildman–Crippen MR) is 90.4 cm³/mol. The van der Waals surface area contributed by atoms with Crippen molar-refractivity contribution in [3.05, 3.63) is 18.0 Å². The van der Waals surface area contributed by atoms with Crippen LogP contribution in [0.15, 0.2) is 17.2 Å². The quantitative estimate of drug-likeness (QED) is 0.675. The van der Waals surface area contributed by atoms with Gasteiger partial charge in [0, 0.05) is 37.3 Å². The molecular weight excluding hydrogens is 352 g/mol. The standard InChI is InChI=1S/C14H20N4O4S2/c19-13-11(2-1-3-15-13)17-14(20)12-8-10(9-16-12)24(21,22)18-4-6-23-7-5-18/h8-9,11,16H,1-7H2,(H,15,19)(H,17,20). The first kappa shape index (κ1) is 17.3. The Morgan fingerprint density at radius 2 is 2.08 bits per heavy atom. The maximum Gasteiger partial charge on any atom is 0.268 e. The molecule has 0 aliphatic carbocycles. The molecular formula is C14H20N4O4S2. The predicted octanol–water partition coefficient (Wildman–Crippen LogP) is -0.239. The van der Waals surface area contributed by atoms with Gasteiger partial charge in [0.1, 0.15) is 16.6 Å². The van der Waals surface area contributed by atoms with Crippen LogP contribution < -0.4 is 10.6 Å². The summed E-state index contributed by atoms with van der Waals surface area (Å²) in [4.78, 5) is 26.7. The first-order valence-corrected chi connectivity index (χ1v) is 10.4. The molecule has 2 aliphatic rings. The average molecular weight is 372 g/mol. The number of thioether (sulfide) groups is 1. The van der Waals surface area contributed by atoms with Crippen LogP contribution in [-0.4, -0.2) is 66.7 Å². The van der Waals surface area contributed by atoms with E-state index in [4.69, 9.17) is 0 Å². The minimum atomic E-state index is -3.59. The first-order valence-electron chi connectivity index (χ1n) is 7.83. The summed E-state index contributed by atoms with van der Waals surface area (Å²) in [5, 5.41) is 5.33. The lowest BCUT2D eigenvalue weighted by Crippen LogP contribution is -2.50. The lowest BCUT2D eigenvalue weighted by Gasteiger charge is -2.25. The van der Waals surface area contributed by atoms with Gasteiger partial charge in [-0.2, -0.15) is 16.1 Å². The number of nitrogens with one attached hydrogen (secondary N) is 3. The molecule has 10 heteroatoms. The van der Waals surface area contributed by atoms with Crippen LogP contribution in [0.2, 0.25) is 0 Å². The minimum absolute atomic E-state index is 0.0765. The van der Waals surface area contributed by atoms with Gasteiger partial charge in [0.25, 0.3) is 5.91 Å². The average Bonchev–Trinajstić information content (AvgIpc) is 3.09. The fourth-order valence-corrected chi connectivity index (χ4v) is 5.31. The van der Waals surface area contributed by atoms with Crippen molar-refractivity contribution >= 4 is 33.6 Å². The van der Waals surface area contributed by atoms with Crippen LogP contribution in [0, 0.1) is 0 Å². The largest absolute Gasteiger partial charge is 0.356 e. The summed E-state index contributed by atoms with van der Waals surface area (Å²) >= 11 is 1.72. The van der Waals surface area contributed by atoms with E-state index in [0.29, 0.717) is 26.1 Å². The maximum absolute atomic E-state index is 12.6. The Labute approximate surface area is 144 Å². The van der Waals surface area contributed by atoms with Crippen molar-refractivity contribution in [3.63, 3.8) is 0 Å². The van der Waals surface area contributed by atoms with E-state index < -0.39 is 22.0 Å². The molecule has 1 aromatic heterocycles. The lowest BCUT2D eigenvalue weighted by atomic mass is 10.1. The van der Waals surface area contributed by atoms with Crippen LogP contribution in [0.5, 0.6) is 0 Å². The van der Waals surface area contributed by atoms with E-state index in [1.807, 2.05) is 0 Å². The van der Waals surface area contributed by atoms with Gasteiger partial charge >= 0.3 is 0 Å². The Hall–Kier alpha value is -1.52. The van der Waals surface area contributed by atoms with Gasteiger partial charge in [-0.15, -0.1) is 0 Å². The molecule has 1 unspecified atom stereocenters. The molecule has 0 bridgehead atoms. The summed E-state index contributed by atoms with van der Waals surface area (Å²) in [6.07, 6.45) is 2.70. The number of nitrogens with zero attached hydrogens (tertiary/aromatic N) is 1. The number of sulfonamides is 1. The van der Waals surface area contributed by atoms with Crippen LogP contribution in [0.3, 0.4) is 0 Å². The molecule has 2 saturated heterocycles. The second-order valence-electron chi connectivity index (χ2n) is 5.72. The normalized spacial score (nSPS) is 22.8. The number of aromatic amines is 1. The van der Waals surface area contributed by atoms with Gasteiger partial charge in [-0.25, -0.2) is 8.42 Å². The fraction of sp³-hybridized carbons (Fsp3) is 0.571. The van der Waals surface area contributed by atoms with Crippen molar-refractivity contribution in [2.45, 2.75) is 23.8 Å². The molecule has 3 N–H and O–H groups in total. The molecule has 2 fully saturated rings. The van der Waals surface area contributed by atoms with Crippen molar-refractivity contribution in [1.29, 1.82) is 0 Å². The molecule has 0 saturated carbocycles. The molecule has 1 atom stereocenters. The molecule has 2 amide bonds. The van der Waals surface area contributed by atoms with Crippen LogP contribution in [0.25, 0.3) is 0 Å². The molecule has 132 valence electrons. The van der Waals surface area contributed by atoms with Gasteiger partial charge in [0.05, 0.1) is 0 Å². The third kappa shape index (κ3) is 3.60. The van der Waals surface area contributed by atoms with E-state index in [1.165, 1.54) is 16.6 Å². The number of piperidine rings is 1. The van der Waals surface area contributed by atoms with E-state index in [9.17, 15) is 18.0 Å². The Morgan fingerprint density at radius 3 is 2.79 bits per heavy atom. The first-order chi connectivity index (χ1) is 11.5. The number of H-pyrrole nitrogens is 1. The van der Waals surface area contributed by atoms with Crippen LogP contribution in [0.4, 0.5) is 0 Å². The SMILES string of the molecule is O=C(NC1CCCNC1=O)c1cc(S(=O)(=O)N2CCSCC2)c[nH]1. The molecule has 8 nitrogen and oxygen atoms in total. The highest BCUT2D eigenvalue weighted by Gasteiger charge is 2.29. The zero-order chi connectivity index (χ0) is 17.2. The molecule has 0 aromatic carbocycles. The van der Waals surface area contributed by atoms with Gasteiger partial charge in [0.15, 0.2) is 0 Å². The molecule has 3 heterocycles. The highest BCUT2D eigenvalue weighted by atomic mass is 32.2. The second-order valence-corrected chi connectivity index (χ2v) is 8.89. The molecule has 3 rings (SSSR count). The molecule has 2 aliphatic heterocycles. The monoisotopic (exact) mass is 372 g/mol. The number of carbonyl (C=O) groups is 2. The number of hydrogen-bond acceptors (Lipinski definition) is 5. The summed E-state index contributed by atoms with van der Waals surface area (Å²) in [6.45, 7) is 1.56. The Bertz CT molecular complexity index is 725. The topological polar surface area (TPSA) is 111 Å². The van der Waals surface area contributed by atoms with Gasteiger partial charge in [-0.3, -0.25) is 9.59 Å². The number of amides is 2. The summed E-state index contributed by atoms with van der Waals surface area (Å²) in [5.74, 6) is 0.856. The van der Waals surface area contributed by atoms with Crippen molar-refractivity contribution in [1.82, 2.24) is 19.9 Å². The molecule has 24 heavy (non-hydrogen) atoms. The number of hydrogen-bond donors (Lipinski definition) is 3. The Kier molecular flexibility index (Phi) is 5.16. The molecule has 0 radical (unpaired) electrons. The van der Waals surface area contributed by atoms with E-state index >= 15 is 0 Å². The summed E-state index contributed by atoms with van der Waals surface area (Å²) in [7, 11) is -3.59. The minimum Gasteiger partial charge on any atom is -0.356 e. The van der Waals surface area contributed by atoms with Crippen LogP contribution >= 0.6 is 11.8 Å². The van der Waals surface area contributed by atoms with Crippen LogP contribution in [0.1, 0.15) is 23.3 Å². The van der Waals surface area contributed by atoms with E-state index in [-0.39, 0.29) is 16.5 Å². The van der Waals surface area contributed by atoms with E-state index in [1.54, 1.807) is 11.8 Å². The van der Waals surface area contributed by atoms with Gasteiger partial charge in [0.2, 0.25) is 15.9 Å².